The Kier molecular flexibility index (Phi) is 3.54. The van der Waals surface area contributed by atoms with Crippen LogP contribution in [0.4, 0.5) is 5.82 Å². The summed E-state index contributed by atoms with van der Waals surface area (Å²) in [5, 5.41) is 18.2. The molecule has 2 N–H and O–H groups in total. The maximum absolute atomic E-state index is 12.1. The Morgan fingerprint density at radius 1 is 1.30 bits per heavy atom. The second-order valence-electron chi connectivity index (χ2n) is 3.92. The molecule has 7 nitrogen and oxygen atoms in total. The number of nitrogens with zero attached hydrogens (tertiary/aromatic N) is 3. The summed E-state index contributed by atoms with van der Waals surface area (Å²) in [7, 11) is -3.92. The van der Waals surface area contributed by atoms with E-state index in [0.717, 1.165) is 6.20 Å². The molecule has 2 aromatic heterocycles. The highest BCUT2D eigenvalue weighted by Gasteiger charge is 2.17. The van der Waals surface area contributed by atoms with Crippen molar-refractivity contribution in [3.8, 4) is 11.8 Å². The summed E-state index contributed by atoms with van der Waals surface area (Å²) in [5.74, 6) is -0.435. The first-order chi connectivity index (χ1) is 9.42. The number of anilines is 1. The number of hydrogen-bond donors (Lipinski definition) is 2. The largest absolute Gasteiger partial charge is 0.504 e. The zero-order valence-corrected chi connectivity index (χ0v) is 11.2. The molecule has 0 aliphatic heterocycles. The van der Waals surface area contributed by atoms with Gasteiger partial charge in [0.25, 0.3) is 10.0 Å². The lowest BCUT2D eigenvalue weighted by molar-refractivity contribution is 0.475. The van der Waals surface area contributed by atoms with Crippen molar-refractivity contribution in [2.45, 2.75) is 11.8 Å². The molecule has 0 bridgehead atoms. The third-order valence-electron chi connectivity index (χ3n) is 2.41. The Morgan fingerprint density at radius 3 is 2.65 bits per heavy atom. The summed E-state index contributed by atoms with van der Waals surface area (Å²) in [4.78, 5) is 7.46. The number of aromatic nitrogens is 2. The second kappa shape index (κ2) is 5.14. The number of nitriles is 1. The first-order valence-electron chi connectivity index (χ1n) is 5.48. The van der Waals surface area contributed by atoms with Gasteiger partial charge >= 0.3 is 0 Å². The highest BCUT2D eigenvalue weighted by molar-refractivity contribution is 7.92. The lowest BCUT2D eigenvalue weighted by Gasteiger charge is -2.09. The molecule has 2 rings (SSSR count). The maximum atomic E-state index is 12.1. The van der Waals surface area contributed by atoms with Crippen LogP contribution in [0.1, 0.15) is 11.4 Å². The van der Waals surface area contributed by atoms with Crippen LogP contribution in [0.5, 0.6) is 5.75 Å². The van der Waals surface area contributed by atoms with E-state index in [4.69, 9.17) is 5.26 Å². The van der Waals surface area contributed by atoms with Gasteiger partial charge in [-0.25, -0.2) is 18.4 Å². The summed E-state index contributed by atoms with van der Waals surface area (Å²) in [6, 6.07) is 7.23. The fourth-order valence-corrected chi connectivity index (χ4v) is 2.38. The summed E-state index contributed by atoms with van der Waals surface area (Å²) < 4.78 is 26.3. The molecule has 102 valence electrons. The molecule has 0 aromatic carbocycles. The summed E-state index contributed by atoms with van der Waals surface area (Å²) in [6.45, 7) is 1.67. The van der Waals surface area contributed by atoms with E-state index in [9.17, 15) is 13.5 Å². The number of hydrogen-bond acceptors (Lipinski definition) is 6. The molecule has 0 aliphatic carbocycles. The Morgan fingerprint density at radius 2 is 2.05 bits per heavy atom. The molecule has 0 saturated heterocycles. The zero-order chi connectivity index (χ0) is 14.8. The second-order valence-corrected chi connectivity index (χ2v) is 5.60. The Balaban J connectivity index is 2.35. The van der Waals surface area contributed by atoms with Crippen molar-refractivity contribution in [2.75, 3.05) is 4.72 Å². The van der Waals surface area contributed by atoms with Crippen molar-refractivity contribution in [3.63, 3.8) is 0 Å². The van der Waals surface area contributed by atoms with Crippen molar-refractivity contribution < 1.29 is 13.5 Å². The lowest BCUT2D eigenvalue weighted by Crippen LogP contribution is -2.14. The van der Waals surface area contributed by atoms with Crippen molar-refractivity contribution in [1.82, 2.24) is 9.97 Å². The van der Waals surface area contributed by atoms with Gasteiger partial charge in [0.2, 0.25) is 0 Å². The van der Waals surface area contributed by atoms with Gasteiger partial charge in [-0.15, -0.1) is 0 Å². The minimum Gasteiger partial charge on any atom is -0.504 e. The van der Waals surface area contributed by atoms with Gasteiger partial charge in [-0.3, -0.25) is 4.72 Å². The summed E-state index contributed by atoms with van der Waals surface area (Å²) >= 11 is 0. The highest BCUT2D eigenvalue weighted by atomic mass is 32.2. The summed E-state index contributed by atoms with van der Waals surface area (Å²) in [6.07, 6.45) is 1.06. The fraction of sp³-hybridized carbons (Fsp3) is 0.0833. The number of sulfonamides is 1. The molecule has 0 unspecified atom stereocenters. The van der Waals surface area contributed by atoms with Gasteiger partial charge < -0.3 is 5.11 Å². The van der Waals surface area contributed by atoms with Crippen LogP contribution >= 0.6 is 0 Å². The van der Waals surface area contributed by atoms with Crippen LogP contribution in [0, 0.1) is 18.3 Å². The van der Waals surface area contributed by atoms with Crippen molar-refractivity contribution in [2.24, 2.45) is 0 Å². The molecule has 2 heterocycles. The Hall–Kier alpha value is -2.66. The van der Waals surface area contributed by atoms with Crippen LogP contribution in [0.3, 0.4) is 0 Å². The molecule has 0 aliphatic rings. The summed E-state index contributed by atoms with van der Waals surface area (Å²) in [5.41, 5.74) is 0.666. The van der Waals surface area contributed by atoms with Gasteiger partial charge in [0.15, 0.2) is 11.6 Å². The van der Waals surface area contributed by atoms with Gasteiger partial charge in [-0.2, -0.15) is 5.26 Å². The van der Waals surface area contributed by atoms with E-state index in [-0.39, 0.29) is 22.2 Å². The molecular weight excluding hydrogens is 280 g/mol. The van der Waals surface area contributed by atoms with Crippen LogP contribution < -0.4 is 4.72 Å². The highest BCUT2D eigenvalue weighted by Crippen LogP contribution is 2.23. The lowest BCUT2D eigenvalue weighted by atomic mass is 10.3. The van der Waals surface area contributed by atoms with Gasteiger partial charge in [-0.1, -0.05) is 0 Å². The van der Waals surface area contributed by atoms with E-state index < -0.39 is 10.0 Å². The maximum Gasteiger partial charge on any atom is 0.264 e. The van der Waals surface area contributed by atoms with Gasteiger partial charge in [0.05, 0.1) is 0 Å². The van der Waals surface area contributed by atoms with Crippen molar-refractivity contribution in [3.05, 3.63) is 41.9 Å². The molecule has 0 atom stereocenters. The molecule has 0 radical (unpaired) electrons. The number of nitrogens with one attached hydrogen (secondary N) is 1. The molecule has 0 saturated carbocycles. The predicted molar refractivity (Wildman–Crippen MR) is 70.4 cm³/mol. The first kappa shape index (κ1) is 13.8. The topological polar surface area (TPSA) is 116 Å². The average molecular weight is 290 g/mol. The minimum absolute atomic E-state index is 0.112. The van der Waals surface area contributed by atoms with Crippen LogP contribution in [0.2, 0.25) is 0 Å². The molecule has 2 aromatic rings. The molecule has 0 spiro atoms. The SMILES string of the molecule is Cc1ccc(O)c(NS(=O)(=O)c2ccc(C#N)nc2)n1. The van der Waals surface area contributed by atoms with E-state index in [2.05, 4.69) is 14.7 Å². The van der Waals surface area contributed by atoms with Gasteiger partial charge in [0.1, 0.15) is 16.7 Å². The first-order valence-corrected chi connectivity index (χ1v) is 6.96. The monoisotopic (exact) mass is 290 g/mol. The standard InChI is InChI=1S/C12H10N4O3S/c1-8-2-5-11(17)12(15-8)16-20(18,19)10-4-3-9(6-13)14-7-10/h2-5,7,17H,1H3,(H,15,16). The molecule has 0 fully saturated rings. The zero-order valence-electron chi connectivity index (χ0n) is 10.4. The van der Waals surface area contributed by atoms with E-state index in [1.165, 1.54) is 18.2 Å². The van der Waals surface area contributed by atoms with Crippen molar-refractivity contribution >= 4 is 15.8 Å². The molecule has 8 heteroatoms. The van der Waals surface area contributed by atoms with Crippen molar-refractivity contribution in [1.29, 1.82) is 5.26 Å². The third kappa shape index (κ3) is 2.84. The molecule has 0 amide bonds. The van der Waals surface area contributed by atoms with Crippen LogP contribution in [0.15, 0.2) is 35.4 Å². The Bertz CT molecular complexity index is 779. The fourth-order valence-electron chi connectivity index (χ4n) is 1.42. The quantitative estimate of drug-likeness (QED) is 0.876. The average Bonchev–Trinajstić information content (AvgIpc) is 2.43. The number of aromatic hydroxyl groups is 1. The predicted octanol–water partition coefficient (Wildman–Crippen LogP) is 1.16. The number of rotatable bonds is 3. The van der Waals surface area contributed by atoms with Crippen LogP contribution in [-0.2, 0) is 10.0 Å². The third-order valence-corrected chi connectivity index (χ3v) is 3.73. The van der Waals surface area contributed by atoms with E-state index >= 15 is 0 Å². The normalized spacial score (nSPS) is 10.8. The molecule has 20 heavy (non-hydrogen) atoms. The van der Waals surface area contributed by atoms with Gasteiger partial charge in [-0.05, 0) is 31.2 Å². The minimum atomic E-state index is -3.92. The van der Waals surface area contributed by atoms with Gasteiger partial charge in [0, 0.05) is 11.9 Å². The number of aryl methyl sites for hydroxylation is 1. The van der Waals surface area contributed by atoms with E-state index in [0.29, 0.717) is 5.69 Å². The Labute approximate surface area is 115 Å². The smallest absolute Gasteiger partial charge is 0.264 e. The number of pyridine rings is 2. The van der Waals surface area contributed by atoms with Crippen LogP contribution in [-0.4, -0.2) is 23.5 Å². The molecular formula is C12H10N4O3S. The van der Waals surface area contributed by atoms with E-state index in [1.807, 2.05) is 0 Å². The van der Waals surface area contributed by atoms with Crippen LogP contribution in [0.25, 0.3) is 0 Å². The van der Waals surface area contributed by atoms with E-state index in [1.54, 1.807) is 19.1 Å².